The van der Waals surface area contributed by atoms with E-state index in [0.29, 0.717) is 12.4 Å². The smallest absolute Gasteiger partial charge is 0.145 e. The number of aromatic nitrogens is 2. The van der Waals surface area contributed by atoms with Crippen molar-refractivity contribution < 1.29 is 5.11 Å². The van der Waals surface area contributed by atoms with Gasteiger partial charge in [-0.15, -0.1) is 0 Å². The number of nitrogens with one attached hydrogen (secondary N) is 1. The van der Waals surface area contributed by atoms with Gasteiger partial charge in [0.15, 0.2) is 0 Å². The molecule has 84 valence electrons. The molecule has 0 unspecified atom stereocenters. The highest BCUT2D eigenvalue weighted by Crippen LogP contribution is 2.12. The third-order valence-electron chi connectivity index (χ3n) is 2.15. The number of para-hydroxylation sites is 2. The minimum atomic E-state index is -0.757. The summed E-state index contributed by atoms with van der Waals surface area (Å²) < 4.78 is 0. The number of fused-ring (bicyclic) bond motifs is 1. The topological polar surface area (TPSA) is 58.0 Å². The van der Waals surface area contributed by atoms with Gasteiger partial charge in [0.25, 0.3) is 0 Å². The maximum absolute atomic E-state index is 9.58. The molecule has 1 aromatic heterocycles. The highest BCUT2D eigenvalue weighted by Gasteiger charge is 2.12. The van der Waals surface area contributed by atoms with Crippen LogP contribution in [0.15, 0.2) is 30.5 Å². The molecule has 2 rings (SSSR count). The van der Waals surface area contributed by atoms with E-state index in [9.17, 15) is 5.11 Å². The van der Waals surface area contributed by atoms with Crippen molar-refractivity contribution in [2.45, 2.75) is 19.4 Å². The highest BCUT2D eigenvalue weighted by molar-refractivity contribution is 5.75. The van der Waals surface area contributed by atoms with Crippen LogP contribution in [0.2, 0.25) is 0 Å². The van der Waals surface area contributed by atoms with Gasteiger partial charge in [-0.2, -0.15) is 0 Å². The Labute approximate surface area is 94.4 Å². The van der Waals surface area contributed by atoms with Crippen LogP contribution < -0.4 is 5.32 Å². The Morgan fingerprint density at radius 1 is 1.25 bits per heavy atom. The predicted molar refractivity (Wildman–Crippen MR) is 64.3 cm³/mol. The average molecular weight is 217 g/mol. The molecule has 0 bridgehead atoms. The lowest BCUT2D eigenvalue weighted by Crippen LogP contribution is -2.29. The molecule has 0 atom stereocenters. The second kappa shape index (κ2) is 4.06. The van der Waals surface area contributed by atoms with E-state index in [0.717, 1.165) is 11.0 Å². The van der Waals surface area contributed by atoms with Crippen LogP contribution in [-0.4, -0.2) is 27.2 Å². The molecule has 0 amide bonds. The summed E-state index contributed by atoms with van der Waals surface area (Å²) in [6, 6.07) is 7.69. The van der Waals surface area contributed by atoms with Crippen LogP contribution in [0.5, 0.6) is 0 Å². The molecule has 1 aromatic carbocycles. The summed E-state index contributed by atoms with van der Waals surface area (Å²) in [6.07, 6.45) is 1.67. The first-order valence-corrected chi connectivity index (χ1v) is 5.23. The lowest BCUT2D eigenvalue weighted by Gasteiger charge is -2.17. The molecule has 4 nitrogen and oxygen atoms in total. The van der Waals surface area contributed by atoms with Crippen LogP contribution in [0.4, 0.5) is 5.82 Å². The summed E-state index contributed by atoms with van der Waals surface area (Å²) in [6.45, 7) is 3.93. The Hall–Kier alpha value is -1.68. The van der Waals surface area contributed by atoms with Crippen LogP contribution in [0.25, 0.3) is 11.0 Å². The highest BCUT2D eigenvalue weighted by atomic mass is 16.3. The van der Waals surface area contributed by atoms with Crippen LogP contribution in [0.1, 0.15) is 13.8 Å². The van der Waals surface area contributed by atoms with Crippen LogP contribution >= 0.6 is 0 Å². The molecule has 1 heterocycles. The normalized spacial score (nSPS) is 11.7. The Kier molecular flexibility index (Phi) is 2.75. The van der Waals surface area contributed by atoms with Gasteiger partial charge in [0.2, 0.25) is 0 Å². The van der Waals surface area contributed by atoms with Gasteiger partial charge in [0.05, 0.1) is 22.8 Å². The maximum atomic E-state index is 9.58. The minimum Gasteiger partial charge on any atom is -0.389 e. The zero-order valence-electron chi connectivity index (χ0n) is 9.44. The standard InChI is InChI=1S/C12H15N3O/c1-12(2,16)8-14-11-7-13-9-5-3-4-6-10(9)15-11/h3-7,16H,8H2,1-2H3,(H,14,15). The van der Waals surface area contributed by atoms with Crippen molar-refractivity contribution in [2.75, 3.05) is 11.9 Å². The lowest BCUT2D eigenvalue weighted by atomic mass is 10.1. The number of hydrogen-bond acceptors (Lipinski definition) is 4. The molecular formula is C12H15N3O. The van der Waals surface area contributed by atoms with E-state index in [1.54, 1.807) is 20.0 Å². The third kappa shape index (κ3) is 2.67. The zero-order chi connectivity index (χ0) is 11.6. The number of hydrogen-bond donors (Lipinski definition) is 2. The van der Waals surface area contributed by atoms with Crippen LogP contribution in [-0.2, 0) is 0 Å². The molecule has 2 N–H and O–H groups in total. The predicted octanol–water partition coefficient (Wildman–Crippen LogP) is 1.81. The van der Waals surface area contributed by atoms with Crippen molar-refractivity contribution >= 4 is 16.9 Å². The molecule has 0 aliphatic rings. The fourth-order valence-corrected chi connectivity index (χ4v) is 1.35. The SMILES string of the molecule is CC(C)(O)CNc1cnc2ccccc2n1. The van der Waals surface area contributed by atoms with Gasteiger partial charge in [-0.05, 0) is 26.0 Å². The number of nitrogens with zero attached hydrogens (tertiary/aromatic N) is 2. The van der Waals surface area contributed by atoms with Gasteiger partial charge in [0.1, 0.15) is 5.82 Å². The van der Waals surface area contributed by atoms with Crippen molar-refractivity contribution in [3.63, 3.8) is 0 Å². The van der Waals surface area contributed by atoms with Crippen molar-refractivity contribution in [3.05, 3.63) is 30.5 Å². The number of benzene rings is 1. The fourth-order valence-electron chi connectivity index (χ4n) is 1.35. The van der Waals surface area contributed by atoms with E-state index in [4.69, 9.17) is 0 Å². The molecule has 0 saturated heterocycles. The molecule has 16 heavy (non-hydrogen) atoms. The van der Waals surface area contributed by atoms with E-state index < -0.39 is 5.60 Å². The number of rotatable bonds is 3. The van der Waals surface area contributed by atoms with E-state index in [1.165, 1.54) is 0 Å². The van der Waals surface area contributed by atoms with E-state index in [1.807, 2.05) is 24.3 Å². The van der Waals surface area contributed by atoms with Crippen molar-refractivity contribution in [1.29, 1.82) is 0 Å². The Morgan fingerprint density at radius 2 is 1.94 bits per heavy atom. The van der Waals surface area contributed by atoms with E-state index in [2.05, 4.69) is 15.3 Å². The van der Waals surface area contributed by atoms with Crippen LogP contribution in [0.3, 0.4) is 0 Å². The zero-order valence-corrected chi connectivity index (χ0v) is 9.44. The molecule has 0 aliphatic heterocycles. The number of aliphatic hydroxyl groups is 1. The lowest BCUT2D eigenvalue weighted by molar-refractivity contribution is 0.0944. The van der Waals surface area contributed by atoms with Gasteiger partial charge in [-0.1, -0.05) is 12.1 Å². The van der Waals surface area contributed by atoms with Gasteiger partial charge in [0, 0.05) is 6.54 Å². The quantitative estimate of drug-likeness (QED) is 0.823. The maximum Gasteiger partial charge on any atom is 0.145 e. The number of anilines is 1. The second-order valence-corrected chi connectivity index (χ2v) is 4.41. The average Bonchev–Trinajstić information content (AvgIpc) is 2.25. The molecule has 2 aromatic rings. The van der Waals surface area contributed by atoms with Crippen molar-refractivity contribution in [1.82, 2.24) is 9.97 Å². The third-order valence-corrected chi connectivity index (χ3v) is 2.15. The first kappa shape index (κ1) is 10.8. The fraction of sp³-hybridized carbons (Fsp3) is 0.333. The molecule has 0 aliphatic carbocycles. The Morgan fingerprint density at radius 3 is 2.62 bits per heavy atom. The first-order chi connectivity index (χ1) is 7.54. The molecule has 0 spiro atoms. The van der Waals surface area contributed by atoms with E-state index in [-0.39, 0.29) is 0 Å². The summed E-state index contributed by atoms with van der Waals surface area (Å²) in [4.78, 5) is 8.67. The molecule has 0 fully saturated rings. The summed E-state index contributed by atoms with van der Waals surface area (Å²) in [5, 5.41) is 12.6. The first-order valence-electron chi connectivity index (χ1n) is 5.23. The van der Waals surface area contributed by atoms with Gasteiger partial charge >= 0.3 is 0 Å². The van der Waals surface area contributed by atoms with Gasteiger partial charge < -0.3 is 10.4 Å². The summed E-state index contributed by atoms with van der Waals surface area (Å²) in [5.41, 5.74) is 0.965. The minimum absolute atomic E-state index is 0.444. The van der Waals surface area contributed by atoms with Crippen molar-refractivity contribution in [3.8, 4) is 0 Å². The Bertz CT molecular complexity index is 491. The van der Waals surface area contributed by atoms with Crippen molar-refractivity contribution in [2.24, 2.45) is 0 Å². The molecule has 0 radical (unpaired) electrons. The monoisotopic (exact) mass is 217 g/mol. The molecule has 4 heteroatoms. The summed E-state index contributed by atoms with van der Waals surface area (Å²) in [5.74, 6) is 0.681. The second-order valence-electron chi connectivity index (χ2n) is 4.41. The molecule has 0 saturated carbocycles. The van der Waals surface area contributed by atoms with Gasteiger partial charge in [-0.25, -0.2) is 4.98 Å². The summed E-state index contributed by atoms with van der Waals surface area (Å²) in [7, 11) is 0. The van der Waals surface area contributed by atoms with E-state index >= 15 is 0 Å². The Balaban J connectivity index is 2.20. The van der Waals surface area contributed by atoms with Crippen LogP contribution in [0, 0.1) is 0 Å². The summed E-state index contributed by atoms with van der Waals surface area (Å²) >= 11 is 0. The largest absolute Gasteiger partial charge is 0.389 e. The van der Waals surface area contributed by atoms with Gasteiger partial charge in [-0.3, -0.25) is 4.98 Å². The molecular weight excluding hydrogens is 202 g/mol.